The predicted octanol–water partition coefficient (Wildman–Crippen LogP) is 1.44. The van der Waals surface area contributed by atoms with Gasteiger partial charge in [0.05, 0.1) is 6.54 Å². The predicted molar refractivity (Wildman–Crippen MR) is 90.4 cm³/mol. The van der Waals surface area contributed by atoms with Gasteiger partial charge in [-0.15, -0.1) is 0 Å². The Balaban J connectivity index is 1.88. The number of carbonyl (C=O) groups is 2. The summed E-state index contributed by atoms with van der Waals surface area (Å²) in [4.78, 5) is 26.2. The fourth-order valence-electron chi connectivity index (χ4n) is 3.09. The molecule has 2 N–H and O–H groups in total. The van der Waals surface area contributed by atoms with Crippen LogP contribution < -0.4 is 10.2 Å². The number of ether oxygens (including phenoxy) is 3. The Morgan fingerprint density at radius 3 is 2.81 bits per heavy atom. The van der Waals surface area contributed by atoms with Crippen molar-refractivity contribution in [2.45, 2.75) is 19.4 Å². The number of nitrogens with zero attached hydrogens (tertiary/aromatic N) is 1. The van der Waals surface area contributed by atoms with Crippen molar-refractivity contribution < 1.29 is 29.0 Å². The first kappa shape index (κ1) is 18.4. The third-order valence-electron chi connectivity index (χ3n) is 4.45. The number of hydrogen-bond acceptors (Lipinski definition) is 6. The summed E-state index contributed by atoms with van der Waals surface area (Å²) in [5, 5.41) is 8.81. The average molecular weight is 362 g/mol. The largest absolute Gasteiger partial charge is 0.457 e. The third kappa shape index (κ3) is 4.04. The van der Waals surface area contributed by atoms with Gasteiger partial charge in [0.2, 0.25) is 5.91 Å². The number of hydrogen-bond donors (Lipinski definition) is 2. The molecule has 2 aliphatic heterocycles. The summed E-state index contributed by atoms with van der Waals surface area (Å²) in [7, 11) is 1.54. The molecule has 0 bridgehead atoms. The monoisotopic (exact) mass is 362 g/mol. The van der Waals surface area contributed by atoms with Gasteiger partial charge in [-0.1, -0.05) is 6.07 Å². The molecule has 2 amide bonds. The lowest BCUT2D eigenvalue weighted by atomic mass is 9.98. The maximum Gasteiger partial charge on any atom is 0.274 e. The highest BCUT2D eigenvalue weighted by molar-refractivity contribution is 5.93. The maximum absolute atomic E-state index is 12.9. The molecule has 0 aliphatic carbocycles. The van der Waals surface area contributed by atoms with E-state index in [1.807, 2.05) is 0 Å². The molecule has 140 valence electrons. The van der Waals surface area contributed by atoms with Gasteiger partial charge in [0.15, 0.2) is 0 Å². The number of fused-ring (bicyclic) bond motifs is 1. The van der Waals surface area contributed by atoms with Gasteiger partial charge >= 0.3 is 0 Å². The van der Waals surface area contributed by atoms with E-state index in [9.17, 15) is 9.59 Å². The molecule has 8 nitrogen and oxygen atoms in total. The van der Waals surface area contributed by atoms with Gasteiger partial charge in [-0.2, -0.15) is 0 Å². The van der Waals surface area contributed by atoms with Crippen LogP contribution >= 0.6 is 0 Å². The lowest BCUT2D eigenvalue weighted by Gasteiger charge is -2.26. The van der Waals surface area contributed by atoms with Crippen molar-refractivity contribution in [2.24, 2.45) is 5.92 Å². The van der Waals surface area contributed by atoms with E-state index in [2.05, 4.69) is 0 Å². The summed E-state index contributed by atoms with van der Waals surface area (Å²) in [6.45, 7) is 1.70. The highest BCUT2D eigenvalue weighted by atomic mass is 16.5. The maximum atomic E-state index is 12.9. The van der Waals surface area contributed by atoms with Crippen molar-refractivity contribution in [1.82, 2.24) is 10.4 Å². The SMILES string of the molecule is COCC1=CN(C(=O)C2CCOCC2)Cc2ccc(C(=O)NO)cc2O1. The molecule has 0 radical (unpaired) electrons. The van der Waals surface area contributed by atoms with Crippen LogP contribution in [0.4, 0.5) is 0 Å². The Morgan fingerprint density at radius 2 is 2.12 bits per heavy atom. The van der Waals surface area contributed by atoms with Crippen molar-refractivity contribution in [1.29, 1.82) is 0 Å². The normalized spacial score (nSPS) is 17.6. The molecule has 0 saturated carbocycles. The number of carbonyl (C=O) groups excluding carboxylic acids is 2. The molecule has 3 rings (SSSR count). The molecule has 8 heteroatoms. The summed E-state index contributed by atoms with van der Waals surface area (Å²) in [5.74, 6) is 0.235. The number of hydroxylamine groups is 1. The smallest absolute Gasteiger partial charge is 0.274 e. The van der Waals surface area contributed by atoms with Gasteiger partial charge in [-0.25, -0.2) is 5.48 Å². The fourth-order valence-corrected chi connectivity index (χ4v) is 3.09. The summed E-state index contributed by atoms with van der Waals surface area (Å²) in [6.07, 6.45) is 3.06. The number of amides is 2. The Bertz CT molecular complexity index is 712. The van der Waals surface area contributed by atoms with Crippen LogP contribution in [0.2, 0.25) is 0 Å². The Kier molecular flexibility index (Phi) is 5.87. The number of methoxy groups -OCH3 is 1. The molecular weight excluding hydrogens is 340 g/mol. The van der Waals surface area contributed by atoms with Crippen LogP contribution in [0.25, 0.3) is 0 Å². The van der Waals surface area contributed by atoms with Crippen molar-refractivity contribution >= 4 is 11.8 Å². The zero-order chi connectivity index (χ0) is 18.5. The number of nitrogens with one attached hydrogen (secondary N) is 1. The van der Waals surface area contributed by atoms with Gasteiger partial charge in [0.1, 0.15) is 18.1 Å². The lowest BCUT2D eigenvalue weighted by molar-refractivity contribution is -0.136. The first-order chi connectivity index (χ1) is 12.6. The zero-order valence-electron chi connectivity index (χ0n) is 14.6. The van der Waals surface area contributed by atoms with E-state index < -0.39 is 5.91 Å². The Hall–Kier alpha value is -2.42. The number of rotatable bonds is 4. The highest BCUT2D eigenvalue weighted by Crippen LogP contribution is 2.29. The molecule has 1 aromatic rings. The minimum absolute atomic E-state index is 0.0236. The van der Waals surface area contributed by atoms with E-state index in [1.165, 1.54) is 13.2 Å². The second-order valence-corrected chi connectivity index (χ2v) is 6.25. The Labute approximate surface area is 151 Å². The van der Waals surface area contributed by atoms with E-state index >= 15 is 0 Å². The third-order valence-corrected chi connectivity index (χ3v) is 4.45. The van der Waals surface area contributed by atoms with E-state index in [4.69, 9.17) is 19.4 Å². The topological polar surface area (TPSA) is 97.3 Å². The van der Waals surface area contributed by atoms with Gasteiger partial charge in [-0.05, 0) is 25.0 Å². The molecule has 2 heterocycles. The summed E-state index contributed by atoms with van der Waals surface area (Å²) in [6, 6.07) is 4.83. The fraction of sp³-hybridized carbons (Fsp3) is 0.444. The van der Waals surface area contributed by atoms with Crippen LogP contribution in [-0.2, 0) is 20.8 Å². The second kappa shape index (κ2) is 8.31. The van der Waals surface area contributed by atoms with Crippen LogP contribution in [0.1, 0.15) is 28.8 Å². The van der Waals surface area contributed by atoms with Crippen LogP contribution in [0, 0.1) is 5.92 Å². The van der Waals surface area contributed by atoms with Crippen LogP contribution in [0.5, 0.6) is 5.75 Å². The molecule has 0 atom stereocenters. The quantitative estimate of drug-likeness (QED) is 0.621. The summed E-state index contributed by atoms with van der Waals surface area (Å²) >= 11 is 0. The van der Waals surface area contributed by atoms with E-state index in [0.29, 0.717) is 44.1 Å². The molecule has 1 saturated heterocycles. The van der Waals surface area contributed by atoms with Crippen molar-refractivity contribution in [3.8, 4) is 5.75 Å². The van der Waals surface area contributed by atoms with Gasteiger partial charge in [0.25, 0.3) is 5.91 Å². The van der Waals surface area contributed by atoms with Crippen LogP contribution in [0.3, 0.4) is 0 Å². The van der Waals surface area contributed by atoms with E-state index in [0.717, 1.165) is 5.56 Å². The molecular formula is C18H22N2O6. The standard InChI is InChI=1S/C18H22N2O6/c1-24-11-15-10-20(18(22)12-4-6-25-7-5-12)9-14-3-2-13(17(21)19-23)8-16(14)26-15/h2-3,8,10,12,23H,4-7,9,11H2,1H3,(H,19,21). The molecule has 2 aliphatic rings. The van der Waals surface area contributed by atoms with Crippen LogP contribution in [0.15, 0.2) is 30.2 Å². The molecule has 0 unspecified atom stereocenters. The van der Waals surface area contributed by atoms with Gasteiger partial charge in [-0.3, -0.25) is 14.8 Å². The van der Waals surface area contributed by atoms with Crippen LogP contribution in [-0.4, -0.2) is 48.9 Å². The minimum atomic E-state index is -0.631. The number of benzene rings is 1. The van der Waals surface area contributed by atoms with Gasteiger partial charge < -0.3 is 19.1 Å². The molecule has 26 heavy (non-hydrogen) atoms. The van der Waals surface area contributed by atoms with Crippen molar-refractivity contribution in [3.63, 3.8) is 0 Å². The highest BCUT2D eigenvalue weighted by Gasteiger charge is 2.28. The molecule has 0 spiro atoms. The summed E-state index contributed by atoms with van der Waals surface area (Å²) in [5.41, 5.74) is 2.62. The van der Waals surface area contributed by atoms with Gasteiger partial charge in [0, 0.05) is 43.6 Å². The first-order valence-corrected chi connectivity index (χ1v) is 8.45. The molecule has 1 fully saturated rings. The molecule has 1 aromatic carbocycles. The zero-order valence-corrected chi connectivity index (χ0v) is 14.6. The Morgan fingerprint density at radius 1 is 1.35 bits per heavy atom. The van der Waals surface area contributed by atoms with E-state index in [1.54, 1.807) is 28.7 Å². The molecule has 0 aromatic heterocycles. The average Bonchev–Trinajstić information content (AvgIpc) is 2.86. The second-order valence-electron chi connectivity index (χ2n) is 6.25. The lowest BCUT2D eigenvalue weighted by Crippen LogP contribution is -2.35. The minimum Gasteiger partial charge on any atom is -0.457 e. The van der Waals surface area contributed by atoms with E-state index in [-0.39, 0.29) is 24.0 Å². The van der Waals surface area contributed by atoms with Crippen molar-refractivity contribution in [2.75, 3.05) is 26.9 Å². The summed E-state index contributed by atoms with van der Waals surface area (Å²) < 4.78 is 16.3. The first-order valence-electron chi connectivity index (χ1n) is 8.45. The van der Waals surface area contributed by atoms with Crippen molar-refractivity contribution in [3.05, 3.63) is 41.3 Å².